The molecule has 0 spiro atoms. The summed E-state index contributed by atoms with van der Waals surface area (Å²) in [6.45, 7) is 0.984. The summed E-state index contributed by atoms with van der Waals surface area (Å²) in [7, 11) is 1.64. The maximum Gasteiger partial charge on any atom is 0.322 e. The number of nitrogens with one attached hydrogen (secondary N) is 1. The Bertz CT molecular complexity index is 821. The lowest BCUT2D eigenvalue weighted by Crippen LogP contribution is -2.34. The largest absolute Gasteiger partial charge is 0.497 e. The molecule has 0 bridgehead atoms. The zero-order valence-corrected chi connectivity index (χ0v) is 14.6. The SMILES string of the molecule is COc1ccc(CN(Cc2ccncc2)C(=O)Nc2ccccc2)cc1. The van der Waals surface area contributed by atoms with Crippen LogP contribution in [0.25, 0.3) is 0 Å². The molecule has 0 fully saturated rings. The highest BCUT2D eigenvalue weighted by molar-refractivity contribution is 5.89. The average molecular weight is 347 g/mol. The van der Waals surface area contributed by atoms with Gasteiger partial charge in [-0.2, -0.15) is 0 Å². The van der Waals surface area contributed by atoms with E-state index in [4.69, 9.17) is 4.74 Å². The third-order valence-electron chi connectivity index (χ3n) is 3.97. The molecule has 0 atom stereocenters. The number of benzene rings is 2. The molecule has 3 rings (SSSR count). The average Bonchev–Trinajstić information content (AvgIpc) is 2.69. The first-order valence-corrected chi connectivity index (χ1v) is 8.37. The van der Waals surface area contributed by atoms with Gasteiger partial charge < -0.3 is 15.0 Å². The van der Waals surface area contributed by atoms with Crippen LogP contribution in [0.4, 0.5) is 10.5 Å². The van der Waals surface area contributed by atoms with Crippen molar-refractivity contribution in [2.75, 3.05) is 12.4 Å². The lowest BCUT2D eigenvalue weighted by atomic mass is 10.2. The summed E-state index contributed by atoms with van der Waals surface area (Å²) in [5, 5.41) is 2.95. The summed E-state index contributed by atoms with van der Waals surface area (Å²) in [5.74, 6) is 0.795. The van der Waals surface area contributed by atoms with Crippen LogP contribution in [0.5, 0.6) is 5.75 Å². The van der Waals surface area contributed by atoms with Crippen molar-refractivity contribution in [3.8, 4) is 5.75 Å². The van der Waals surface area contributed by atoms with Crippen molar-refractivity contribution in [2.24, 2.45) is 0 Å². The van der Waals surface area contributed by atoms with Crippen molar-refractivity contribution >= 4 is 11.7 Å². The maximum atomic E-state index is 12.8. The summed E-state index contributed by atoms with van der Waals surface area (Å²) < 4.78 is 5.20. The van der Waals surface area contributed by atoms with Crippen LogP contribution < -0.4 is 10.1 Å². The number of amides is 2. The number of nitrogens with zero attached hydrogens (tertiary/aromatic N) is 2. The number of rotatable bonds is 6. The van der Waals surface area contributed by atoms with Crippen LogP contribution >= 0.6 is 0 Å². The van der Waals surface area contributed by atoms with Gasteiger partial charge in [0.2, 0.25) is 0 Å². The van der Waals surface area contributed by atoms with E-state index in [2.05, 4.69) is 10.3 Å². The van der Waals surface area contributed by atoms with Gasteiger partial charge in [-0.15, -0.1) is 0 Å². The number of pyridine rings is 1. The minimum Gasteiger partial charge on any atom is -0.497 e. The number of carbonyl (C=O) groups excluding carboxylic acids is 1. The lowest BCUT2D eigenvalue weighted by Gasteiger charge is -2.23. The van der Waals surface area contributed by atoms with Crippen LogP contribution in [0.2, 0.25) is 0 Å². The van der Waals surface area contributed by atoms with E-state index in [0.29, 0.717) is 13.1 Å². The number of methoxy groups -OCH3 is 1. The molecule has 0 aliphatic rings. The number of aromatic nitrogens is 1. The van der Waals surface area contributed by atoms with E-state index >= 15 is 0 Å². The topological polar surface area (TPSA) is 54.5 Å². The Morgan fingerprint density at radius 2 is 1.54 bits per heavy atom. The Morgan fingerprint density at radius 1 is 0.923 bits per heavy atom. The molecule has 2 aromatic carbocycles. The Kier molecular flexibility index (Phi) is 5.83. The number of urea groups is 1. The molecular weight excluding hydrogens is 326 g/mol. The third-order valence-corrected chi connectivity index (χ3v) is 3.97. The predicted octanol–water partition coefficient (Wildman–Crippen LogP) is 4.32. The summed E-state index contributed by atoms with van der Waals surface area (Å²) >= 11 is 0. The van der Waals surface area contributed by atoms with E-state index in [1.165, 1.54) is 0 Å². The summed E-state index contributed by atoms with van der Waals surface area (Å²) in [5.41, 5.74) is 2.83. The lowest BCUT2D eigenvalue weighted by molar-refractivity contribution is 0.206. The van der Waals surface area contributed by atoms with Crippen LogP contribution in [0, 0.1) is 0 Å². The van der Waals surface area contributed by atoms with Gasteiger partial charge in [0, 0.05) is 31.2 Å². The second-order valence-electron chi connectivity index (χ2n) is 5.86. The Hall–Kier alpha value is -3.34. The van der Waals surface area contributed by atoms with Gasteiger partial charge >= 0.3 is 6.03 Å². The molecule has 0 radical (unpaired) electrons. The van der Waals surface area contributed by atoms with E-state index in [0.717, 1.165) is 22.6 Å². The molecule has 0 aliphatic heterocycles. The molecule has 1 N–H and O–H groups in total. The zero-order chi connectivity index (χ0) is 18.2. The van der Waals surface area contributed by atoms with Crippen molar-refractivity contribution in [2.45, 2.75) is 13.1 Å². The molecule has 5 nitrogen and oxygen atoms in total. The van der Waals surface area contributed by atoms with Crippen molar-refractivity contribution in [1.82, 2.24) is 9.88 Å². The molecule has 2 amide bonds. The van der Waals surface area contributed by atoms with Crippen LogP contribution in [0.15, 0.2) is 79.1 Å². The van der Waals surface area contributed by atoms with Crippen LogP contribution in [0.1, 0.15) is 11.1 Å². The highest BCUT2D eigenvalue weighted by Crippen LogP contribution is 2.16. The second-order valence-corrected chi connectivity index (χ2v) is 5.86. The predicted molar refractivity (Wildman–Crippen MR) is 102 cm³/mol. The number of hydrogen-bond acceptors (Lipinski definition) is 3. The van der Waals surface area contributed by atoms with Gasteiger partial charge in [0.05, 0.1) is 7.11 Å². The number of ether oxygens (including phenoxy) is 1. The zero-order valence-electron chi connectivity index (χ0n) is 14.6. The fourth-order valence-electron chi connectivity index (χ4n) is 2.58. The van der Waals surface area contributed by atoms with E-state index in [-0.39, 0.29) is 6.03 Å². The minimum atomic E-state index is -0.149. The van der Waals surface area contributed by atoms with Gasteiger partial charge in [0.15, 0.2) is 0 Å². The maximum absolute atomic E-state index is 12.8. The van der Waals surface area contributed by atoms with Crippen molar-refractivity contribution in [1.29, 1.82) is 0 Å². The highest BCUT2D eigenvalue weighted by atomic mass is 16.5. The van der Waals surface area contributed by atoms with Crippen molar-refractivity contribution in [3.05, 3.63) is 90.3 Å². The number of carbonyl (C=O) groups is 1. The standard InChI is InChI=1S/C21H21N3O2/c1-26-20-9-7-17(8-10-20)15-24(16-18-11-13-22-14-12-18)21(25)23-19-5-3-2-4-6-19/h2-14H,15-16H2,1H3,(H,23,25). The van der Waals surface area contributed by atoms with Gasteiger partial charge in [-0.1, -0.05) is 30.3 Å². The van der Waals surface area contributed by atoms with Crippen LogP contribution in [-0.2, 0) is 13.1 Å². The summed E-state index contributed by atoms with van der Waals surface area (Å²) in [4.78, 5) is 18.6. The monoisotopic (exact) mass is 347 g/mol. The molecule has 3 aromatic rings. The molecule has 0 unspecified atom stereocenters. The summed E-state index contributed by atoms with van der Waals surface area (Å²) in [6, 6.07) is 20.9. The first-order valence-electron chi connectivity index (χ1n) is 8.37. The minimum absolute atomic E-state index is 0.149. The van der Waals surface area contributed by atoms with Crippen molar-refractivity contribution < 1.29 is 9.53 Å². The number of para-hydroxylation sites is 1. The van der Waals surface area contributed by atoms with Gasteiger partial charge in [-0.05, 0) is 47.5 Å². The normalized spacial score (nSPS) is 10.2. The van der Waals surface area contributed by atoms with Gasteiger partial charge in [0.25, 0.3) is 0 Å². The molecule has 0 saturated heterocycles. The fraction of sp³-hybridized carbons (Fsp3) is 0.143. The highest BCUT2D eigenvalue weighted by Gasteiger charge is 2.15. The first kappa shape index (κ1) is 17.5. The molecule has 0 saturated carbocycles. The fourth-order valence-corrected chi connectivity index (χ4v) is 2.58. The molecule has 5 heteroatoms. The molecule has 26 heavy (non-hydrogen) atoms. The first-order chi connectivity index (χ1) is 12.7. The number of anilines is 1. The van der Waals surface area contributed by atoms with E-state index in [1.54, 1.807) is 24.4 Å². The van der Waals surface area contributed by atoms with Gasteiger partial charge in [-0.25, -0.2) is 4.79 Å². The van der Waals surface area contributed by atoms with Crippen LogP contribution in [-0.4, -0.2) is 23.0 Å². The molecular formula is C21H21N3O2. The van der Waals surface area contributed by atoms with Gasteiger partial charge in [0.1, 0.15) is 5.75 Å². The molecule has 132 valence electrons. The smallest absolute Gasteiger partial charge is 0.322 e. The third kappa shape index (κ3) is 4.83. The Balaban J connectivity index is 1.77. The van der Waals surface area contributed by atoms with Crippen molar-refractivity contribution in [3.63, 3.8) is 0 Å². The Labute approximate surface area is 153 Å². The number of hydrogen-bond donors (Lipinski definition) is 1. The van der Waals surface area contributed by atoms with E-state index in [1.807, 2.05) is 66.7 Å². The summed E-state index contributed by atoms with van der Waals surface area (Å²) in [6.07, 6.45) is 3.46. The molecule has 0 aliphatic carbocycles. The van der Waals surface area contributed by atoms with Gasteiger partial charge in [-0.3, -0.25) is 4.98 Å². The van der Waals surface area contributed by atoms with E-state index < -0.39 is 0 Å². The van der Waals surface area contributed by atoms with E-state index in [9.17, 15) is 4.79 Å². The Morgan fingerprint density at radius 3 is 2.15 bits per heavy atom. The quantitative estimate of drug-likeness (QED) is 0.722. The molecule has 1 heterocycles. The molecule has 1 aromatic heterocycles. The second kappa shape index (κ2) is 8.67. The van der Waals surface area contributed by atoms with Crippen LogP contribution in [0.3, 0.4) is 0 Å².